The van der Waals surface area contributed by atoms with E-state index in [4.69, 9.17) is 9.47 Å². The second-order valence-electron chi connectivity index (χ2n) is 10.1. The highest BCUT2D eigenvalue weighted by atomic mass is 16.5. The Morgan fingerprint density at radius 1 is 1.19 bits per heavy atom. The molecule has 0 fully saturated rings. The van der Waals surface area contributed by atoms with Crippen LogP contribution < -0.4 is 10.1 Å². The number of aryl methyl sites for hydroxylation is 2. The first-order chi connectivity index (χ1) is 15.0. The molecule has 2 aromatic carbocycles. The maximum absolute atomic E-state index is 13.1. The van der Waals surface area contributed by atoms with Crippen molar-refractivity contribution in [3.05, 3.63) is 58.7 Å². The Morgan fingerprint density at radius 3 is 2.62 bits per heavy atom. The Morgan fingerprint density at radius 2 is 1.94 bits per heavy atom. The number of hydrogen-bond acceptors (Lipinski definition) is 4. The quantitative estimate of drug-likeness (QED) is 0.517. The summed E-state index contributed by atoms with van der Waals surface area (Å²) in [6.07, 6.45) is 1.53. The first-order valence-corrected chi connectivity index (χ1v) is 11.3. The minimum atomic E-state index is -0.517. The van der Waals surface area contributed by atoms with E-state index >= 15 is 0 Å². The van der Waals surface area contributed by atoms with Crippen LogP contribution in [0.4, 0.5) is 5.69 Å². The van der Waals surface area contributed by atoms with Crippen molar-refractivity contribution in [3.8, 4) is 5.75 Å². The summed E-state index contributed by atoms with van der Waals surface area (Å²) in [6.45, 7) is 15.3. The van der Waals surface area contributed by atoms with E-state index in [0.717, 1.165) is 41.0 Å². The van der Waals surface area contributed by atoms with Gasteiger partial charge in [-0.15, -0.1) is 0 Å². The Hall–Kier alpha value is -2.82. The molecule has 0 saturated carbocycles. The first-order valence-electron chi connectivity index (χ1n) is 11.3. The Kier molecular flexibility index (Phi) is 6.97. The molecular formula is C27H36N2O3. The third-order valence-electron chi connectivity index (χ3n) is 5.94. The first kappa shape index (κ1) is 23.8. The van der Waals surface area contributed by atoms with E-state index in [9.17, 15) is 4.79 Å². The molecule has 0 unspecified atom stereocenters. The topological polar surface area (TPSA) is 59.9 Å². The average molecular weight is 437 g/mol. The van der Waals surface area contributed by atoms with Crippen LogP contribution in [-0.4, -0.2) is 30.6 Å². The molecule has 1 aliphatic rings. The molecule has 0 atom stereocenters. The Balaban J connectivity index is 1.60. The summed E-state index contributed by atoms with van der Waals surface area (Å²) < 4.78 is 11.8. The minimum Gasteiger partial charge on any atom is -0.493 e. The van der Waals surface area contributed by atoms with Crippen LogP contribution in [0, 0.1) is 26.2 Å². The van der Waals surface area contributed by atoms with Crippen LogP contribution in [0.5, 0.6) is 5.75 Å². The number of nitrogens with zero attached hydrogens (tertiary/aromatic N) is 1. The van der Waals surface area contributed by atoms with E-state index < -0.39 is 5.41 Å². The van der Waals surface area contributed by atoms with Crippen molar-refractivity contribution in [1.82, 2.24) is 0 Å². The molecule has 0 bridgehead atoms. The number of hydrogen-bond donors (Lipinski definition) is 1. The SMILES string of the molecule is Cc1ccc(C)c(OCCCC(C)(C)C(=O)Nc2cccc(C3=NC(C)(C)CO3)c2C)c1. The molecule has 0 radical (unpaired) electrons. The average Bonchev–Trinajstić information content (AvgIpc) is 3.08. The molecule has 0 spiro atoms. The van der Waals surface area contributed by atoms with Crippen LogP contribution in [0.3, 0.4) is 0 Å². The van der Waals surface area contributed by atoms with Gasteiger partial charge in [-0.1, -0.05) is 32.0 Å². The zero-order valence-corrected chi connectivity index (χ0v) is 20.5. The lowest BCUT2D eigenvalue weighted by molar-refractivity contribution is -0.124. The number of aliphatic imine (C=N–C) groups is 1. The van der Waals surface area contributed by atoms with Gasteiger partial charge in [-0.05, 0) is 82.3 Å². The maximum Gasteiger partial charge on any atom is 0.230 e. The van der Waals surface area contributed by atoms with Gasteiger partial charge in [0.2, 0.25) is 11.8 Å². The molecule has 32 heavy (non-hydrogen) atoms. The fourth-order valence-corrected chi connectivity index (χ4v) is 3.69. The zero-order chi connectivity index (χ0) is 23.5. The van der Waals surface area contributed by atoms with E-state index in [2.05, 4.69) is 35.4 Å². The molecule has 0 saturated heterocycles. The van der Waals surface area contributed by atoms with E-state index in [1.54, 1.807) is 0 Å². The van der Waals surface area contributed by atoms with Gasteiger partial charge in [0.05, 0.1) is 12.1 Å². The molecule has 2 aromatic rings. The summed E-state index contributed by atoms with van der Waals surface area (Å²) in [4.78, 5) is 17.7. The molecule has 0 aliphatic carbocycles. The van der Waals surface area contributed by atoms with Crippen molar-refractivity contribution < 1.29 is 14.3 Å². The fraction of sp³-hybridized carbons (Fsp3) is 0.481. The van der Waals surface area contributed by atoms with Crippen LogP contribution in [-0.2, 0) is 9.53 Å². The number of anilines is 1. The molecule has 5 nitrogen and oxygen atoms in total. The summed E-state index contributed by atoms with van der Waals surface area (Å²) in [5.41, 5.74) is 4.25. The van der Waals surface area contributed by atoms with E-state index in [1.807, 2.05) is 59.7 Å². The minimum absolute atomic E-state index is 0.000838. The molecule has 5 heteroatoms. The molecule has 172 valence electrons. The number of benzene rings is 2. The van der Waals surface area contributed by atoms with Crippen LogP contribution in [0.1, 0.15) is 62.8 Å². The standard InChI is InChI=1S/C27H36N2O3/c1-18-12-13-19(2)23(16-18)31-15-9-14-26(4,5)25(30)28-22-11-8-10-21(20(22)3)24-29-27(6,7)17-32-24/h8,10-13,16H,9,14-15,17H2,1-7H3,(H,28,30). The predicted octanol–water partition coefficient (Wildman–Crippen LogP) is 5.99. The molecule has 1 amide bonds. The van der Waals surface area contributed by atoms with Crippen LogP contribution in [0.15, 0.2) is 41.4 Å². The zero-order valence-electron chi connectivity index (χ0n) is 20.5. The molecule has 1 heterocycles. The normalized spacial score (nSPS) is 15.2. The number of carbonyl (C=O) groups is 1. The lowest BCUT2D eigenvalue weighted by Crippen LogP contribution is -2.31. The van der Waals surface area contributed by atoms with Crippen molar-refractivity contribution in [2.45, 2.75) is 66.8 Å². The summed E-state index contributed by atoms with van der Waals surface area (Å²) >= 11 is 0. The molecule has 3 rings (SSSR count). The smallest absolute Gasteiger partial charge is 0.230 e. The van der Waals surface area contributed by atoms with Gasteiger partial charge in [0.15, 0.2) is 0 Å². The monoisotopic (exact) mass is 436 g/mol. The van der Waals surface area contributed by atoms with Gasteiger partial charge in [0.25, 0.3) is 0 Å². The number of nitrogens with one attached hydrogen (secondary N) is 1. The highest BCUT2D eigenvalue weighted by Crippen LogP contribution is 2.29. The maximum atomic E-state index is 13.1. The lowest BCUT2D eigenvalue weighted by Gasteiger charge is -2.24. The van der Waals surface area contributed by atoms with Gasteiger partial charge in [-0.3, -0.25) is 4.79 Å². The van der Waals surface area contributed by atoms with Gasteiger partial charge < -0.3 is 14.8 Å². The number of rotatable bonds is 8. The Bertz CT molecular complexity index is 1020. The van der Waals surface area contributed by atoms with Crippen molar-refractivity contribution in [3.63, 3.8) is 0 Å². The van der Waals surface area contributed by atoms with Crippen LogP contribution in [0.2, 0.25) is 0 Å². The van der Waals surface area contributed by atoms with Gasteiger partial charge >= 0.3 is 0 Å². The molecule has 1 aliphatic heterocycles. The highest BCUT2D eigenvalue weighted by molar-refractivity contribution is 6.01. The Labute approximate surface area is 192 Å². The lowest BCUT2D eigenvalue weighted by atomic mass is 9.86. The number of amides is 1. The summed E-state index contributed by atoms with van der Waals surface area (Å²) in [6, 6.07) is 12.1. The van der Waals surface area contributed by atoms with E-state index in [1.165, 1.54) is 5.56 Å². The summed E-state index contributed by atoms with van der Waals surface area (Å²) in [7, 11) is 0. The van der Waals surface area contributed by atoms with Gasteiger partial charge in [-0.25, -0.2) is 4.99 Å². The van der Waals surface area contributed by atoms with Crippen molar-refractivity contribution in [2.24, 2.45) is 10.4 Å². The van der Waals surface area contributed by atoms with Crippen LogP contribution in [0.25, 0.3) is 0 Å². The third kappa shape index (κ3) is 5.70. The number of ether oxygens (including phenoxy) is 2. The fourth-order valence-electron chi connectivity index (χ4n) is 3.69. The van der Waals surface area contributed by atoms with E-state index in [0.29, 0.717) is 19.1 Å². The van der Waals surface area contributed by atoms with Gasteiger partial charge in [0, 0.05) is 16.7 Å². The largest absolute Gasteiger partial charge is 0.493 e. The second kappa shape index (κ2) is 9.35. The van der Waals surface area contributed by atoms with Gasteiger partial charge in [-0.2, -0.15) is 0 Å². The van der Waals surface area contributed by atoms with Crippen LogP contribution >= 0.6 is 0 Å². The number of carbonyl (C=O) groups excluding carboxylic acids is 1. The predicted molar refractivity (Wildman–Crippen MR) is 131 cm³/mol. The summed E-state index contributed by atoms with van der Waals surface area (Å²) in [5, 5.41) is 3.12. The van der Waals surface area contributed by atoms with Crippen molar-refractivity contribution in [2.75, 3.05) is 18.5 Å². The molecular weight excluding hydrogens is 400 g/mol. The molecule has 1 N–H and O–H groups in total. The molecule has 0 aromatic heterocycles. The second-order valence-corrected chi connectivity index (χ2v) is 10.1. The highest BCUT2D eigenvalue weighted by Gasteiger charge is 2.30. The van der Waals surface area contributed by atoms with Crippen molar-refractivity contribution >= 4 is 17.5 Å². The third-order valence-corrected chi connectivity index (χ3v) is 5.94. The summed E-state index contributed by atoms with van der Waals surface area (Å²) in [5.74, 6) is 1.56. The van der Waals surface area contributed by atoms with Crippen molar-refractivity contribution in [1.29, 1.82) is 0 Å². The van der Waals surface area contributed by atoms with E-state index in [-0.39, 0.29) is 11.4 Å². The van der Waals surface area contributed by atoms with Gasteiger partial charge in [0.1, 0.15) is 12.4 Å².